The van der Waals surface area contributed by atoms with Gasteiger partial charge in [0.15, 0.2) is 0 Å². The fourth-order valence-electron chi connectivity index (χ4n) is 4.55. The molecule has 34 heavy (non-hydrogen) atoms. The first kappa shape index (κ1) is 22.8. The molecule has 0 bridgehead atoms. The predicted molar refractivity (Wildman–Crippen MR) is 125 cm³/mol. The summed E-state index contributed by atoms with van der Waals surface area (Å²) < 4.78 is 55.1. The largest absolute Gasteiger partial charge is 0.760 e. The Morgan fingerprint density at radius 1 is 1.12 bits per heavy atom. The van der Waals surface area contributed by atoms with Crippen LogP contribution in [-0.2, 0) is 18.3 Å². The van der Waals surface area contributed by atoms with Crippen molar-refractivity contribution in [3.8, 4) is 11.1 Å². The van der Waals surface area contributed by atoms with Crippen molar-refractivity contribution in [2.45, 2.75) is 31.8 Å². The summed E-state index contributed by atoms with van der Waals surface area (Å²) in [4.78, 5) is 17.6. The molecule has 1 aliphatic heterocycles. The Labute approximate surface area is 197 Å². The Balaban J connectivity index is 1.81. The molecule has 3 aromatic rings. The van der Waals surface area contributed by atoms with Crippen molar-refractivity contribution >= 4 is 17.0 Å². The molecule has 3 unspecified atom stereocenters. The zero-order valence-corrected chi connectivity index (χ0v) is 19.4. The minimum atomic E-state index is -2.58. The lowest BCUT2D eigenvalue weighted by molar-refractivity contribution is 0.506. The molecule has 2 heterocycles. The van der Waals surface area contributed by atoms with Crippen LogP contribution in [-0.4, -0.2) is 19.0 Å². The van der Waals surface area contributed by atoms with Crippen LogP contribution in [0.25, 0.3) is 11.1 Å². The lowest BCUT2D eigenvalue weighted by Gasteiger charge is -2.20. The summed E-state index contributed by atoms with van der Waals surface area (Å²) in [5.41, 5.74) is 3.78. The number of aliphatic imine (C=N–C) groups is 1. The summed E-state index contributed by atoms with van der Waals surface area (Å²) in [5, 5.41) is 0. The molecule has 1 aromatic heterocycles. The van der Waals surface area contributed by atoms with Gasteiger partial charge in [-0.1, -0.05) is 0 Å². The predicted octanol–water partition coefficient (Wildman–Crippen LogP) is 4.08. The van der Waals surface area contributed by atoms with Crippen LogP contribution in [0, 0.1) is 17.6 Å². The second kappa shape index (κ2) is 8.65. The van der Waals surface area contributed by atoms with Crippen molar-refractivity contribution in [1.82, 2.24) is 9.29 Å². The van der Waals surface area contributed by atoms with E-state index in [0.717, 1.165) is 24.0 Å². The fraction of sp³-hybridized carbons (Fsp3) is 0.280. The van der Waals surface area contributed by atoms with Gasteiger partial charge < -0.3 is 9.12 Å². The third-order valence-corrected chi connectivity index (χ3v) is 7.00. The Morgan fingerprint density at radius 2 is 1.82 bits per heavy atom. The van der Waals surface area contributed by atoms with E-state index in [1.165, 1.54) is 22.8 Å². The minimum absolute atomic E-state index is 0.172. The molecule has 0 amide bonds. The molecule has 6 nitrogen and oxygen atoms in total. The number of benzene rings is 2. The average Bonchev–Trinajstić information content (AvgIpc) is 3.62. The molecule has 2 aromatic carbocycles. The van der Waals surface area contributed by atoms with Crippen LogP contribution in [0.5, 0.6) is 0 Å². The number of nitrogens with zero attached hydrogens (tertiary/aromatic N) is 2. The molecular weight excluding hydrogens is 460 g/mol. The maximum atomic E-state index is 15.3. The number of fused-ring (bicyclic) bond motifs is 3. The Hall–Kier alpha value is -3.01. The van der Waals surface area contributed by atoms with Crippen molar-refractivity contribution < 1.29 is 17.5 Å². The molecule has 3 atom stereocenters. The van der Waals surface area contributed by atoms with Gasteiger partial charge in [0.25, 0.3) is 5.56 Å². The van der Waals surface area contributed by atoms with Crippen molar-refractivity contribution in [1.29, 1.82) is 0 Å². The number of rotatable bonds is 5. The van der Waals surface area contributed by atoms with Gasteiger partial charge in [-0.3, -0.25) is 14.0 Å². The van der Waals surface area contributed by atoms with E-state index in [1.807, 2.05) is 0 Å². The first-order valence-corrected chi connectivity index (χ1v) is 12.0. The van der Waals surface area contributed by atoms with E-state index in [2.05, 4.69) is 4.72 Å². The van der Waals surface area contributed by atoms with E-state index in [0.29, 0.717) is 22.4 Å². The fourth-order valence-corrected chi connectivity index (χ4v) is 4.97. The molecule has 9 heteroatoms. The molecule has 1 saturated carbocycles. The lowest BCUT2D eigenvalue weighted by Crippen LogP contribution is -2.22. The lowest BCUT2D eigenvalue weighted by atomic mass is 9.89. The van der Waals surface area contributed by atoms with Gasteiger partial charge in [0.2, 0.25) is 0 Å². The molecule has 5 rings (SSSR count). The van der Waals surface area contributed by atoms with Crippen molar-refractivity contribution in [3.63, 3.8) is 0 Å². The van der Waals surface area contributed by atoms with Gasteiger partial charge in [-0.05, 0) is 73.2 Å². The molecule has 0 radical (unpaired) electrons. The van der Waals surface area contributed by atoms with E-state index in [4.69, 9.17) is 4.99 Å². The van der Waals surface area contributed by atoms with Crippen molar-refractivity contribution in [3.05, 3.63) is 92.9 Å². The summed E-state index contributed by atoms with van der Waals surface area (Å²) in [6.45, 7) is 1.56. The number of hydrogen-bond acceptors (Lipinski definition) is 4. The summed E-state index contributed by atoms with van der Waals surface area (Å²) in [7, 11) is 1.65. The quantitative estimate of drug-likeness (QED) is 0.556. The van der Waals surface area contributed by atoms with Gasteiger partial charge in [0.05, 0.1) is 11.8 Å². The van der Waals surface area contributed by atoms with Crippen LogP contribution in [0.2, 0.25) is 0 Å². The molecule has 0 saturated heterocycles. The van der Waals surface area contributed by atoms with E-state index < -0.39 is 28.9 Å². The Bertz CT molecular complexity index is 1400. The van der Waals surface area contributed by atoms with Crippen LogP contribution in [0.1, 0.15) is 54.1 Å². The molecule has 1 N–H and O–H groups in total. The minimum Gasteiger partial charge on any atom is -0.760 e. The highest BCUT2D eigenvalue weighted by Gasteiger charge is 2.37. The maximum absolute atomic E-state index is 15.3. The Kier molecular flexibility index (Phi) is 5.79. The van der Waals surface area contributed by atoms with Crippen LogP contribution in [0.15, 0.2) is 58.4 Å². The number of hydrogen-bond donors (Lipinski definition) is 1. The molecule has 0 spiro atoms. The van der Waals surface area contributed by atoms with Gasteiger partial charge in [-0.2, -0.15) is 0 Å². The molecule has 1 aliphatic carbocycles. The van der Waals surface area contributed by atoms with Crippen LogP contribution in [0.4, 0.5) is 8.78 Å². The monoisotopic (exact) mass is 482 g/mol. The van der Waals surface area contributed by atoms with Gasteiger partial charge in [-0.25, -0.2) is 13.5 Å². The van der Waals surface area contributed by atoms with Crippen molar-refractivity contribution in [2.24, 2.45) is 18.0 Å². The van der Waals surface area contributed by atoms with E-state index in [1.54, 1.807) is 44.4 Å². The second-order valence-electron chi connectivity index (χ2n) is 8.85. The standard InChI is InChI=1S/C25H23F2N3O3S/c1-13(29-34(32)33)17-9-18-19(10-22(17)27)24(15-5-7-16(26)8-6-15)28-25(14-3-4-14)20-11-23(31)30(2)12-21(18)20/h5-14,25,29H,3-4H2,1-2H3,(H,32,33)/p-1. The highest BCUT2D eigenvalue weighted by Crippen LogP contribution is 2.48. The highest BCUT2D eigenvalue weighted by atomic mass is 32.2. The van der Waals surface area contributed by atoms with Gasteiger partial charge in [0, 0.05) is 58.9 Å². The van der Waals surface area contributed by atoms with Gasteiger partial charge >= 0.3 is 0 Å². The van der Waals surface area contributed by atoms with E-state index >= 15 is 4.39 Å². The van der Waals surface area contributed by atoms with E-state index in [9.17, 15) is 17.9 Å². The zero-order chi connectivity index (χ0) is 24.1. The normalized spacial score (nSPS) is 19.0. The number of aromatic nitrogens is 1. The number of pyridine rings is 1. The SMILES string of the molecule is CC(NS(=O)[O-])c1cc2c(cc1F)C(c1ccc(F)cc1)=NC(C1CC1)c1cc(=O)n(C)cc1-2. The van der Waals surface area contributed by atoms with Crippen LogP contribution in [0.3, 0.4) is 0 Å². The third-order valence-electron chi connectivity index (χ3n) is 6.46. The van der Waals surface area contributed by atoms with Crippen molar-refractivity contribution in [2.75, 3.05) is 0 Å². The molecular formula is C25H22F2N3O3S-. The zero-order valence-electron chi connectivity index (χ0n) is 18.5. The van der Waals surface area contributed by atoms with Crippen LogP contribution >= 0.6 is 0 Å². The third kappa shape index (κ3) is 4.15. The second-order valence-corrected chi connectivity index (χ2v) is 9.56. The first-order valence-electron chi connectivity index (χ1n) is 11.0. The van der Waals surface area contributed by atoms with Gasteiger partial charge in [-0.15, -0.1) is 0 Å². The molecule has 176 valence electrons. The summed E-state index contributed by atoms with van der Waals surface area (Å²) in [5.74, 6) is -0.728. The summed E-state index contributed by atoms with van der Waals surface area (Å²) >= 11 is -2.58. The first-order chi connectivity index (χ1) is 16.2. The van der Waals surface area contributed by atoms with Crippen LogP contribution < -0.4 is 10.3 Å². The summed E-state index contributed by atoms with van der Waals surface area (Å²) in [6, 6.07) is 9.31. The number of halogens is 2. The topological polar surface area (TPSA) is 86.5 Å². The van der Waals surface area contributed by atoms with E-state index in [-0.39, 0.29) is 23.1 Å². The molecule has 2 aliphatic rings. The number of nitrogens with one attached hydrogen (secondary N) is 1. The highest BCUT2D eigenvalue weighted by molar-refractivity contribution is 7.77. The summed E-state index contributed by atoms with van der Waals surface area (Å²) in [6.07, 6.45) is 3.65. The smallest absolute Gasteiger partial charge is 0.250 e. The van der Waals surface area contributed by atoms with Gasteiger partial charge in [0.1, 0.15) is 11.6 Å². The average molecular weight is 483 g/mol. The maximum Gasteiger partial charge on any atom is 0.250 e. The Morgan fingerprint density at radius 3 is 2.47 bits per heavy atom. The molecule has 1 fully saturated rings. The number of aryl methyl sites for hydroxylation is 1.